The second-order valence-corrected chi connectivity index (χ2v) is 3.50. The first-order valence-corrected chi connectivity index (χ1v) is 5.45. The number of aryl methyl sites for hydroxylation is 1. The van der Waals surface area contributed by atoms with Crippen LogP contribution in [0.5, 0.6) is 0 Å². The number of rotatable bonds is 6. The Bertz CT molecular complexity index is 352. The van der Waals surface area contributed by atoms with E-state index in [-0.39, 0.29) is 0 Å². The average molecular weight is 247 g/mol. The molecule has 90 valence electrons. The van der Waals surface area contributed by atoms with Crippen LogP contribution in [0, 0.1) is 0 Å². The second-order valence-electron chi connectivity index (χ2n) is 3.14. The SMILES string of the molecule is CCOC(=O)c1cnn(CCCOC)c1Cl. The monoisotopic (exact) mass is 246 g/mol. The molecule has 1 heterocycles. The summed E-state index contributed by atoms with van der Waals surface area (Å²) in [5.74, 6) is -0.439. The van der Waals surface area contributed by atoms with Crippen molar-refractivity contribution in [1.29, 1.82) is 0 Å². The fourth-order valence-corrected chi connectivity index (χ4v) is 1.48. The van der Waals surface area contributed by atoms with E-state index in [9.17, 15) is 4.79 Å². The number of ether oxygens (including phenoxy) is 2. The van der Waals surface area contributed by atoms with Crippen LogP contribution in [-0.2, 0) is 16.0 Å². The summed E-state index contributed by atoms with van der Waals surface area (Å²) in [6.07, 6.45) is 2.22. The van der Waals surface area contributed by atoms with Gasteiger partial charge in [0, 0.05) is 20.3 Å². The number of esters is 1. The van der Waals surface area contributed by atoms with Crippen molar-refractivity contribution in [3.8, 4) is 0 Å². The lowest BCUT2D eigenvalue weighted by Crippen LogP contribution is -2.06. The van der Waals surface area contributed by atoms with Crippen LogP contribution in [0.4, 0.5) is 0 Å². The molecule has 0 atom stereocenters. The van der Waals surface area contributed by atoms with Crippen LogP contribution >= 0.6 is 11.6 Å². The Morgan fingerprint density at radius 2 is 2.38 bits per heavy atom. The molecule has 0 fully saturated rings. The number of hydrogen-bond donors (Lipinski definition) is 0. The molecule has 0 aliphatic carbocycles. The standard InChI is InChI=1S/C10H15ClN2O3/c1-3-16-10(14)8-7-12-13(9(8)11)5-4-6-15-2/h7H,3-6H2,1-2H3. The van der Waals surface area contributed by atoms with Crippen LogP contribution in [0.3, 0.4) is 0 Å². The molecule has 1 rings (SSSR count). The van der Waals surface area contributed by atoms with Crippen LogP contribution < -0.4 is 0 Å². The second kappa shape index (κ2) is 6.50. The lowest BCUT2D eigenvalue weighted by atomic mass is 10.4. The maximum atomic E-state index is 11.4. The molecule has 0 N–H and O–H groups in total. The first-order valence-electron chi connectivity index (χ1n) is 5.08. The highest BCUT2D eigenvalue weighted by Gasteiger charge is 2.16. The zero-order valence-electron chi connectivity index (χ0n) is 9.40. The van der Waals surface area contributed by atoms with Gasteiger partial charge < -0.3 is 9.47 Å². The molecule has 0 saturated heterocycles. The van der Waals surface area contributed by atoms with E-state index in [2.05, 4.69) is 5.10 Å². The zero-order chi connectivity index (χ0) is 12.0. The van der Waals surface area contributed by atoms with Crippen LogP contribution in [0.1, 0.15) is 23.7 Å². The Kier molecular flexibility index (Phi) is 5.28. The maximum Gasteiger partial charge on any atom is 0.342 e. The van der Waals surface area contributed by atoms with E-state index < -0.39 is 5.97 Å². The van der Waals surface area contributed by atoms with Crippen molar-refractivity contribution in [2.45, 2.75) is 19.9 Å². The first kappa shape index (κ1) is 13.0. The van der Waals surface area contributed by atoms with Crippen molar-refractivity contribution in [2.75, 3.05) is 20.3 Å². The number of carbonyl (C=O) groups excluding carboxylic acids is 1. The van der Waals surface area contributed by atoms with Gasteiger partial charge in [0.05, 0.1) is 12.8 Å². The molecular weight excluding hydrogens is 232 g/mol. The van der Waals surface area contributed by atoms with E-state index in [1.165, 1.54) is 6.20 Å². The van der Waals surface area contributed by atoms with E-state index in [0.717, 1.165) is 6.42 Å². The fourth-order valence-electron chi connectivity index (χ4n) is 1.23. The minimum absolute atomic E-state index is 0.306. The van der Waals surface area contributed by atoms with Gasteiger partial charge in [-0.2, -0.15) is 5.10 Å². The summed E-state index contributed by atoms with van der Waals surface area (Å²) in [6.45, 7) is 3.32. The third-order valence-corrected chi connectivity index (χ3v) is 2.39. The van der Waals surface area contributed by atoms with Crippen molar-refractivity contribution < 1.29 is 14.3 Å². The molecule has 6 heteroatoms. The minimum atomic E-state index is -0.439. The zero-order valence-corrected chi connectivity index (χ0v) is 10.2. The van der Waals surface area contributed by atoms with Crippen molar-refractivity contribution in [3.63, 3.8) is 0 Å². The number of hydrogen-bond acceptors (Lipinski definition) is 4. The van der Waals surface area contributed by atoms with Gasteiger partial charge in [-0.25, -0.2) is 4.79 Å². The van der Waals surface area contributed by atoms with Gasteiger partial charge in [-0.1, -0.05) is 11.6 Å². The van der Waals surface area contributed by atoms with E-state index in [1.807, 2.05) is 0 Å². The summed E-state index contributed by atoms with van der Waals surface area (Å²) >= 11 is 5.99. The molecule has 0 aliphatic rings. The Hall–Kier alpha value is -1.07. The van der Waals surface area contributed by atoms with E-state index in [1.54, 1.807) is 18.7 Å². The molecule has 0 aliphatic heterocycles. The van der Waals surface area contributed by atoms with E-state index in [4.69, 9.17) is 21.1 Å². The van der Waals surface area contributed by atoms with Crippen molar-refractivity contribution in [3.05, 3.63) is 16.9 Å². The van der Waals surface area contributed by atoms with Gasteiger partial charge in [0.15, 0.2) is 0 Å². The number of aromatic nitrogens is 2. The number of nitrogens with zero attached hydrogens (tertiary/aromatic N) is 2. The maximum absolute atomic E-state index is 11.4. The molecule has 0 radical (unpaired) electrons. The fraction of sp³-hybridized carbons (Fsp3) is 0.600. The van der Waals surface area contributed by atoms with Crippen molar-refractivity contribution >= 4 is 17.6 Å². The lowest BCUT2D eigenvalue weighted by molar-refractivity contribution is 0.0526. The van der Waals surface area contributed by atoms with Crippen molar-refractivity contribution in [2.24, 2.45) is 0 Å². The molecule has 0 unspecified atom stereocenters. The Balaban J connectivity index is 2.64. The highest BCUT2D eigenvalue weighted by atomic mass is 35.5. The summed E-state index contributed by atoms with van der Waals surface area (Å²) in [4.78, 5) is 11.4. The number of halogens is 1. The summed E-state index contributed by atoms with van der Waals surface area (Å²) in [6, 6.07) is 0. The molecule has 0 spiro atoms. The average Bonchev–Trinajstić information content (AvgIpc) is 2.61. The van der Waals surface area contributed by atoms with Crippen molar-refractivity contribution in [1.82, 2.24) is 9.78 Å². The molecule has 0 amide bonds. The predicted molar refractivity (Wildman–Crippen MR) is 59.7 cm³/mol. The van der Waals surface area contributed by atoms with Crippen LogP contribution in [-0.4, -0.2) is 36.1 Å². The van der Waals surface area contributed by atoms with Gasteiger partial charge in [-0.15, -0.1) is 0 Å². The predicted octanol–water partition coefficient (Wildman–Crippen LogP) is 1.75. The minimum Gasteiger partial charge on any atom is -0.462 e. The number of methoxy groups -OCH3 is 1. The summed E-state index contributed by atoms with van der Waals surface area (Å²) < 4.78 is 11.3. The van der Waals surface area contributed by atoms with Gasteiger partial charge >= 0.3 is 5.97 Å². The highest BCUT2D eigenvalue weighted by molar-refractivity contribution is 6.32. The van der Waals surface area contributed by atoms with E-state index >= 15 is 0 Å². The van der Waals surface area contributed by atoms with Gasteiger partial charge in [0.1, 0.15) is 10.7 Å². The van der Waals surface area contributed by atoms with Crippen LogP contribution in [0.2, 0.25) is 5.15 Å². The Labute approximate surface area is 99.3 Å². The van der Waals surface area contributed by atoms with Gasteiger partial charge in [0.2, 0.25) is 0 Å². The quantitative estimate of drug-likeness (QED) is 0.567. The van der Waals surface area contributed by atoms with E-state index in [0.29, 0.717) is 30.5 Å². The normalized spacial score (nSPS) is 10.4. The molecular formula is C10H15ClN2O3. The molecule has 0 bridgehead atoms. The van der Waals surface area contributed by atoms with Gasteiger partial charge in [-0.05, 0) is 13.3 Å². The smallest absolute Gasteiger partial charge is 0.342 e. The molecule has 16 heavy (non-hydrogen) atoms. The molecule has 0 saturated carbocycles. The topological polar surface area (TPSA) is 53.3 Å². The molecule has 1 aromatic heterocycles. The summed E-state index contributed by atoms with van der Waals surface area (Å²) in [5.41, 5.74) is 0.306. The molecule has 5 nitrogen and oxygen atoms in total. The largest absolute Gasteiger partial charge is 0.462 e. The molecule has 0 aromatic carbocycles. The Morgan fingerprint density at radius 3 is 3.00 bits per heavy atom. The Morgan fingerprint density at radius 1 is 1.62 bits per heavy atom. The lowest BCUT2D eigenvalue weighted by Gasteiger charge is -2.03. The third kappa shape index (κ3) is 3.21. The third-order valence-electron chi connectivity index (χ3n) is 1.99. The highest BCUT2D eigenvalue weighted by Crippen LogP contribution is 2.16. The number of carbonyl (C=O) groups is 1. The van der Waals surface area contributed by atoms with Crippen LogP contribution in [0.25, 0.3) is 0 Å². The van der Waals surface area contributed by atoms with Gasteiger partial charge in [0.25, 0.3) is 0 Å². The van der Waals surface area contributed by atoms with Gasteiger partial charge in [-0.3, -0.25) is 4.68 Å². The summed E-state index contributed by atoms with van der Waals surface area (Å²) in [7, 11) is 1.63. The molecule has 1 aromatic rings. The first-order chi connectivity index (χ1) is 7.70. The van der Waals surface area contributed by atoms with Crippen LogP contribution in [0.15, 0.2) is 6.20 Å². The summed E-state index contributed by atoms with van der Waals surface area (Å²) in [5, 5.41) is 4.33.